The van der Waals surface area contributed by atoms with E-state index in [-0.39, 0.29) is 18.4 Å². The molecule has 0 radical (unpaired) electrons. The first kappa shape index (κ1) is 13.0. The van der Waals surface area contributed by atoms with Crippen molar-refractivity contribution in [2.75, 3.05) is 6.54 Å². The topological polar surface area (TPSA) is 84.2 Å². The van der Waals surface area contributed by atoms with Crippen molar-refractivity contribution in [3.05, 3.63) is 0 Å². The summed E-state index contributed by atoms with van der Waals surface area (Å²) in [6.45, 7) is 4.60. The lowest BCUT2D eigenvalue weighted by Crippen LogP contribution is -2.47. The molecule has 0 saturated carbocycles. The van der Waals surface area contributed by atoms with Crippen molar-refractivity contribution < 1.29 is 9.59 Å². The van der Waals surface area contributed by atoms with Crippen LogP contribution in [0.4, 0.5) is 0 Å². The standard InChI is InChI=1S/C11H21N3O2/c1-11(2,7-9(12)15)14-10(16)6-8-4-3-5-13-8/h8,13H,3-7H2,1-2H3,(H2,12,15)(H,14,16). The Balaban J connectivity index is 2.34. The second-order valence-corrected chi connectivity index (χ2v) is 5.07. The second kappa shape index (κ2) is 5.30. The van der Waals surface area contributed by atoms with E-state index in [4.69, 9.17) is 5.73 Å². The van der Waals surface area contributed by atoms with Gasteiger partial charge in [-0.3, -0.25) is 9.59 Å². The van der Waals surface area contributed by atoms with Crippen LogP contribution in [0.5, 0.6) is 0 Å². The van der Waals surface area contributed by atoms with Crippen LogP contribution in [0.25, 0.3) is 0 Å². The SMILES string of the molecule is CC(C)(CC(N)=O)NC(=O)CC1CCCN1. The number of nitrogens with one attached hydrogen (secondary N) is 2. The van der Waals surface area contributed by atoms with E-state index in [2.05, 4.69) is 10.6 Å². The average Bonchev–Trinajstić information content (AvgIpc) is 2.51. The molecule has 92 valence electrons. The van der Waals surface area contributed by atoms with E-state index < -0.39 is 11.4 Å². The van der Waals surface area contributed by atoms with Crippen LogP contribution in [0.1, 0.15) is 39.5 Å². The highest BCUT2D eigenvalue weighted by molar-refractivity contribution is 5.80. The van der Waals surface area contributed by atoms with Gasteiger partial charge < -0.3 is 16.4 Å². The Morgan fingerprint density at radius 3 is 2.69 bits per heavy atom. The molecule has 1 fully saturated rings. The monoisotopic (exact) mass is 227 g/mol. The van der Waals surface area contributed by atoms with Crippen molar-refractivity contribution >= 4 is 11.8 Å². The fraction of sp³-hybridized carbons (Fsp3) is 0.818. The number of carbonyl (C=O) groups excluding carboxylic acids is 2. The summed E-state index contributed by atoms with van der Waals surface area (Å²) in [4.78, 5) is 22.5. The molecule has 1 aliphatic rings. The molecule has 0 spiro atoms. The van der Waals surface area contributed by atoms with Crippen LogP contribution >= 0.6 is 0 Å². The van der Waals surface area contributed by atoms with Gasteiger partial charge in [0.05, 0.1) is 0 Å². The van der Waals surface area contributed by atoms with Gasteiger partial charge in [-0.05, 0) is 33.2 Å². The molecule has 2 amide bonds. The van der Waals surface area contributed by atoms with Crippen LogP contribution in [-0.4, -0.2) is 29.9 Å². The minimum atomic E-state index is -0.554. The summed E-state index contributed by atoms with van der Waals surface area (Å²) in [5.41, 5.74) is 4.56. The molecule has 1 heterocycles. The second-order valence-electron chi connectivity index (χ2n) is 5.07. The highest BCUT2D eigenvalue weighted by Gasteiger charge is 2.25. The highest BCUT2D eigenvalue weighted by atomic mass is 16.2. The van der Waals surface area contributed by atoms with Crippen molar-refractivity contribution in [1.82, 2.24) is 10.6 Å². The number of rotatable bonds is 5. The van der Waals surface area contributed by atoms with Crippen molar-refractivity contribution in [2.45, 2.75) is 51.1 Å². The van der Waals surface area contributed by atoms with E-state index in [1.807, 2.05) is 0 Å². The minimum Gasteiger partial charge on any atom is -0.370 e. The van der Waals surface area contributed by atoms with E-state index >= 15 is 0 Å². The quantitative estimate of drug-likeness (QED) is 0.613. The summed E-state index contributed by atoms with van der Waals surface area (Å²) in [6.07, 6.45) is 2.81. The zero-order chi connectivity index (χ0) is 12.2. The smallest absolute Gasteiger partial charge is 0.221 e. The van der Waals surface area contributed by atoms with Crippen molar-refractivity contribution in [3.63, 3.8) is 0 Å². The zero-order valence-electron chi connectivity index (χ0n) is 10.0. The molecule has 0 aromatic heterocycles. The Labute approximate surface area is 96.1 Å². The van der Waals surface area contributed by atoms with Gasteiger partial charge in [0.2, 0.25) is 11.8 Å². The predicted octanol–water partition coefficient (Wildman–Crippen LogP) is -0.101. The first-order chi connectivity index (χ1) is 7.39. The largest absolute Gasteiger partial charge is 0.370 e. The maximum Gasteiger partial charge on any atom is 0.221 e. The molecule has 1 unspecified atom stereocenters. The molecule has 1 atom stereocenters. The molecule has 4 N–H and O–H groups in total. The average molecular weight is 227 g/mol. The van der Waals surface area contributed by atoms with Gasteiger partial charge in [-0.15, -0.1) is 0 Å². The molecule has 5 nitrogen and oxygen atoms in total. The first-order valence-corrected chi connectivity index (χ1v) is 5.72. The predicted molar refractivity (Wildman–Crippen MR) is 61.7 cm³/mol. The molecule has 0 bridgehead atoms. The lowest BCUT2D eigenvalue weighted by atomic mass is 9.99. The third-order valence-electron chi connectivity index (χ3n) is 2.69. The van der Waals surface area contributed by atoms with Gasteiger partial charge in [-0.2, -0.15) is 0 Å². The van der Waals surface area contributed by atoms with Gasteiger partial charge in [-0.1, -0.05) is 0 Å². The number of hydrogen-bond acceptors (Lipinski definition) is 3. The molecule has 0 aliphatic carbocycles. The third-order valence-corrected chi connectivity index (χ3v) is 2.69. The molecule has 5 heteroatoms. The molecule has 0 aromatic carbocycles. The van der Waals surface area contributed by atoms with Gasteiger partial charge in [0.1, 0.15) is 0 Å². The van der Waals surface area contributed by atoms with E-state index in [1.165, 1.54) is 0 Å². The number of carbonyl (C=O) groups is 2. The normalized spacial score (nSPS) is 20.8. The Hall–Kier alpha value is -1.10. The van der Waals surface area contributed by atoms with Gasteiger partial charge in [0.25, 0.3) is 0 Å². The lowest BCUT2D eigenvalue weighted by molar-refractivity contribution is -0.124. The van der Waals surface area contributed by atoms with Gasteiger partial charge in [0, 0.05) is 24.4 Å². The number of nitrogens with two attached hydrogens (primary N) is 1. The number of primary amides is 1. The molecule has 0 aromatic rings. The van der Waals surface area contributed by atoms with Crippen LogP contribution in [-0.2, 0) is 9.59 Å². The third kappa shape index (κ3) is 4.61. The summed E-state index contributed by atoms with van der Waals surface area (Å²) in [5.74, 6) is -0.421. The van der Waals surface area contributed by atoms with Crippen LogP contribution < -0.4 is 16.4 Å². The molecule has 16 heavy (non-hydrogen) atoms. The number of amides is 2. The summed E-state index contributed by atoms with van der Waals surface area (Å²) in [6, 6.07) is 0.282. The molecule has 1 saturated heterocycles. The van der Waals surface area contributed by atoms with Crippen LogP contribution in [0.15, 0.2) is 0 Å². The van der Waals surface area contributed by atoms with Crippen LogP contribution in [0.2, 0.25) is 0 Å². The van der Waals surface area contributed by atoms with Crippen LogP contribution in [0, 0.1) is 0 Å². The van der Waals surface area contributed by atoms with E-state index in [1.54, 1.807) is 13.8 Å². The lowest BCUT2D eigenvalue weighted by Gasteiger charge is -2.25. The fourth-order valence-electron chi connectivity index (χ4n) is 2.06. The van der Waals surface area contributed by atoms with Gasteiger partial charge >= 0.3 is 0 Å². The fourth-order valence-corrected chi connectivity index (χ4v) is 2.06. The van der Waals surface area contributed by atoms with Crippen LogP contribution in [0.3, 0.4) is 0 Å². The first-order valence-electron chi connectivity index (χ1n) is 5.72. The minimum absolute atomic E-state index is 0.0225. The van der Waals surface area contributed by atoms with E-state index in [9.17, 15) is 9.59 Å². The van der Waals surface area contributed by atoms with Crippen molar-refractivity contribution in [2.24, 2.45) is 5.73 Å². The Morgan fingerprint density at radius 1 is 1.50 bits per heavy atom. The van der Waals surface area contributed by atoms with E-state index in [0.29, 0.717) is 6.42 Å². The zero-order valence-corrected chi connectivity index (χ0v) is 10.0. The van der Waals surface area contributed by atoms with Gasteiger partial charge in [-0.25, -0.2) is 0 Å². The molecular formula is C11H21N3O2. The summed E-state index contributed by atoms with van der Waals surface area (Å²) >= 11 is 0. The Bertz CT molecular complexity index is 270. The van der Waals surface area contributed by atoms with Crippen molar-refractivity contribution in [1.29, 1.82) is 0 Å². The van der Waals surface area contributed by atoms with E-state index in [0.717, 1.165) is 19.4 Å². The highest BCUT2D eigenvalue weighted by Crippen LogP contribution is 2.11. The molecule has 1 rings (SSSR count). The Kier molecular flexibility index (Phi) is 4.29. The Morgan fingerprint density at radius 2 is 2.19 bits per heavy atom. The summed E-state index contributed by atoms with van der Waals surface area (Å²) in [5, 5.41) is 6.10. The maximum absolute atomic E-state index is 11.7. The number of hydrogen-bond donors (Lipinski definition) is 3. The maximum atomic E-state index is 11.7. The van der Waals surface area contributed by atoms with Gasteiger partial charge in [0.15, 0.2) is 0 Å². The molecular weight excluding hydrogens is 206 g/mol. The molecule has 1 aliphatic heterocycles. The summed E-state index contributed by atoms with van der Waals surface area (Å²) < 4.78 is 0. The summed E-state index contributed by atoms with van der Waals surface area (Å²) in [7, 11) is 0. The van der Waals surface area contributed by atoms with Crippen molar-refractivity contribution in [3.8, 4) is 0 Å².